The molecule has 0 aliphatic carbocycles. The van der Waals surface area contributed by atoms with Crippen LogP contribution in [0.4, 0.5) is 0 Å². The first-order valence-corrected chi connectivity index (χ1v) is 5.76. The Morgan fingerprint density at radius 2 is 2.12 bits per heavy atom. The summed E-state index contributed by atoms with van der Waals surface area (Å²) in [6, 6.07) is 10.2. The Morgan fingerprint density at radius 1 is 1.38 bits per heavy atom. The summed E-state index contributed by atoms with van der Waals surface area (Å²) in [5, 5.41) is 3.14. The third-order valence-corrected chi connectivity index (χ3v) is 3.00. The van der Waals surface area contributed by atoms with Crippen LogP contribution in [0, 0.1) is 5.92 Å². The number of nitrogens with zero attached hydrogens (tertiary/aromatic N) is 1. The van der Waals surface area contributed by atoms with E-state index in [0.29, 0.717) is 12.3 Å². The van der Waals surface area contributed by atoms with E-state index in [1.807, 2.05) is 30.1 Å². The molecule has 0 spiro atoms. The van der Waals surface area contributed by atoms with E-state index in [0.717, 1.165) is 19.6 Å². The molecule has 1 atom stereocenters. The number of likely N-dealkylation sites (tertiary alicyclic amines) is 1. The summed E-state index contributed by atoms with van der Waals surface area (Å²) in [5.74, 6) is 0.755. The van der Waals surface area contributed by atoms with Crippen molar-refractivity contribution in [1.29, 1.82) is 0 Å². The van der Waals surface area contributed by atoms with Crippen molar-refractivity contribution < 1.29 is 4.79 Å². The molecule has 16 heavy (non-hydrogen) atoms. The fourth-order valence-corrected chi connectivity index (χ4v) is 2.24. The molecule has 1 aromatic carbocycles. The van der Waals surface area contributed by atoms with Crippen LogP contribution in [0.2, 0.25) is 0 Å². The summed E-state index contributed by atoms with van der Waals surface area (Å²) in [6.45, 7) is 2.56. The van der Waals surface area contributed by atoms with E-state index >= 15 is 0 Å². The highest BCUT2D eigenvalue weighted by molar-refractivity contribution is 5.78. The monoisotopic (exact) mass is 218 g/mol. The van der Waals surface area contributed by atoms with Gasteiger partial charge >= 0.3 is 0 Å². The summed E-state index contributed by atoms with van der Waals surface area (Å²) in [7, 11) is 1.93. The molecule has 0 aromatic heterocycles. The van der Waals surface area contributed by atoms with Gasteiger partial charge in [0.1, 0.15) is 0 Å². The third kappa shape index (κ3) is 2.61. The molecule has 0 radical (unpaired) electrons. The highest BCUT2D eigenvalue weighted by atomic mass is 16.2. The molecule has 1 saturated heterocycles. The second-order valence-corrected chi connectivity index (χ2v) is 4.39. The van der Waals surface area contributed by atoms with Gasteiger partial charge in [0.2, 0.25) is 5.91 Å². The summed E-state index contributed by atoms with van der Waals surface area (Å²) < 4.78 is 0. The van der Waals surface area contributed by atoms with Crippen molar-refractivity contribution in [2.45, 2.75) is 13.0 Å². The zero-order chi connectivity index (χ0) is 11.4. The van der Waals surface area contributed by atoms with Gasteiger partial charge in [-0.25, -0.2) is 0 Å². The molecule has 1 aliphatic rings. The zero-order valence-electron chi connectivity index (χ0n) is 9.65. The lowest BCUT2D eigenvalue weighted by molar-refractivity contribution is -0.128. The molecule has 1 amide bonds. The van der Waals surface area contributed by atoms with Crippen molar-refractivity contribution in [3.05, 3.63) is 35.9 Å². The van der Waals surface area contributed by atoms with Crippen LogP contribution in [0.5, 0.6) is 0 Å². The van der Waals surface area contributed by atoms with E-state index in [9.17, 15) is 4.79 Å². The standard InChI is InChI=1S/C13H18N2O/c1-14-8-12-7-13(16)15(10-12)9-11-5-3-2-4-6-11/h2-6,12,14H,7-10H2,1H3. The Balaban J connectivity index is 1.94. The fraction of sp³-hybridized carbons (Fsp3) is 0.462. The van der Waals surface area contributed by atoms with E-state index in [4.69, 9.17) is 0 Å². The van der Waals surface area contributed by atoms with E-state index in [2.05, 4.69) is 17.4 Å². The predicted octanol–water partition coefficient (Wildman–Crippen LogP) is 1.25. The second-order valence-electron chi connectivity index (χ2n) is 4.39. The quantitative estimate of drug-likeness (QED) is 0.825. The lowest BCUT2D eigenvalue weighted by Gasteiger charge is -2.16. The molecule has 1 N–H and O–H groups in total. The van der Waals surface area contributed by atoms with Crippen molar-refractivity contribution >= 4 is 5.91 Å². The first-order valence-electron chi connectivity index (χ1n) is 5.76. The molecule has 3 heteroatoms. The van der Waals surface area contributed by atoms with Crippen molar-refractivity contribution in [3.63, 3.8) is 0 Å². The largest absolute Gasteiger partial charge is 0.338 e. The van der Waals surface area contributed by atoms with Crippen LogP contribution < -0.4 is 5.32 Å². The molecular weight excluding hydrogens is 200 g/mol. The van der Waals surface area contributed by atoms with Crippen LogP contribution >= 0.6 is 0 Å². The molecular formula is C13H18N2O. The topological polar surface area (TPSA) is 32.3 Å². The minimum Gasteiger partial charge on any atom is -0.338 e. The summed E-state index contributed by atoms with van der Waals surface area (Å²) in [6.07, 6.45) is 0.688. The van der Waals surface area contributed by atoms with Gasteiger partial charge in [-0.2, -0.15) is 0 Å². The highest BCUT2D eigenvalue weighted by Gasteiger charge is 2.28. The molecule has 2 rings (SSSR count). The molecule has 0 bridgehead atoms. The van der Waals surface area contributed by atoms with Gasteiger partial charge in [0.05, 0.1) is 0 Å². The van der Waals surface area contributed by atoms with E-state index in [-0.39, 0.29) is 5.91 Å². The van der Waals surface area contributed by atoms with Crippen LogP contribution in [0.15, 0.2) is 30.3 Å². The van der Waals surface area contributed by atoms with Gasteiger partial charge < -0.3 is 10.2 Å². The van der Waals surface area contributed by atoms with E-state index in [1.54, 1.807) is 0 Å². The summed E-state index contributed by atoms with van der Waals surface area (Å²) >= 11 is 0. The van der Waals surface area contributed by atoms with Gasteiger partial charge in [-0.15, -0.1) is 0 Å². The van der Waals surface area contributed by atoms with Crippen molar-refractivity contribution in [3.8, 4) is 0 Å². The van der Waals surface area contributed by atoms with Gasteiger partial charge in [-0.3, -0.25) is 4.79 Å². The number of carbonyl (C=O) groups is 1. The average molecular weight is 218 g/mol. The van der Waals surface area contributed by atoms with Crippen molar-refractivity contribution in [1.82, 2.24) is 10.2 Å². The SMILES string of the molecule is CNCC1CC(=O)N(Cc2ccccc2)C1. The van der Waals surface area contributed by atoms with Crippen LogP contribution in [0.1, 0.15) is 12.0 Å². The van der Waals surface area contributed by atoms with Gasteiger partial charge in [0.25, 0.3) is 0 Å². The van der Waals surface area contributed by atoms with Crippen molar-refractivity contribution in [2.75, 3.05) is 20.1 Å². The molecule has 3 nitrogen and oxygen atoms in total. The average Bonchev–Trinajstić information content (AvgIpc) is 2.61. The van der Waals surface area contributed by atoms with Crippen LogP contribution in [-0.2, 0) is 11.3 Å². The minimum atomic E-state index is 0.282. The predicted molar refractivity (Wildman–Crippen MR) is 63.9 cm³/mol. The van der Waals surface area contributed by atoms with Crippen molar-refractivity contribution in [2.24, 2.45) is 5.92 Å². The maximum Gasteiger partial charge on any atom is 0.223 e. The lowest BCUT2D eigenvalue weighted by atomic mass is 10.1. The number of benzene rings is 1. The second kappa shape index (κ2) is 5.12. The Labute approximate surface area is 96.5 Å². The Morgan fingerprint density at radius 3 is 2.81 bits per heavy atom. The van der Waals surface area contributed by atoms with E-state index in [1.165, 1.54) is 5.56 Å². The molecule has 1 aromatic rings. The van der Waals surface area contributed by atoms with Gasteiger partial charge in [-0.1, -0.05) is 30.3 Å². The van der Waals surface area contributed by atoms with E-state index < -0.39 is 0 Å². The Bertz CT molecular complexity index is 350. The number of amides is 1. The summed E-state index contributed by atoms with van der Waals surface area (Å²) in [4.78, 5) is 13.7. The molecule has 1 heterocycles. The zero-order valence-corrected chi connectivity index (χ0v) is 9.65. The number of hydrogen-bond acceptors (Lipinski definition) is 2. The fourth-order valence-electron chi connectivity index (χ4n) is 2.24. The maximum absolute atomic E-state index is 11.8. The number of nitrogens with one attached hydrogen (secondary N) is 1. The lowest BCUT2D eigenvalue weighted by Crippen LogP contribution is -2.26. The summed E-state index contributed by atoms with van der Waals surface area (Å²) in [5.41, 5.74) is 1.21. The minimum absolute atomic E-state index is 0.282. The molecule has 0 saturated carbocycles. The number of rotatable bonds is 4. The number of carbonyl (C=O) groups excluding carboxylic acids is 1. The maximum atomic E-state index is 11.8. The first-order chi connectivity index (χ1) is 7.79. The Hall–Kier alpha value is -1.35. The molecule has 86 valence electrons. The molecule has 1 unspecified atom stereocenters. The van der Waals surface area contributed by atoms with Gasteiger partial charge in [0.15, 0.2) is 0 Å². The highest BCUT2D eigenvalue weighted by Crippen LogP contribution is 2.19. The van der Waals surface area contributed by atoms with Crippen LogP contribution in [-0.4, -0.2) is 30.9 Å². The third-order valence-electron chi connectivity index (χ3n) is 3.00. The van der Waals surface area contributed by atoms with Crippen LogP contribution in [0.3, 0.4) is 0 Å². The molecule has 1 fully saturated rings. The van der Waals surface area contributed by atoms with Gasteiger partial charge in [-0.05, 0) is 25.1 Å². The first kappa shape index (κ1) is 11.1. The molecule has 1 aliphatic heterocycles. The van der Waals surface area contributed by atoms with Crippen LogP contribution in [0.25, 0.3) is 0 Å². The normalized spacial score (nSPS) is 20.4. The van der Waals surface area contributed by atoms with Gasteiger partial charge in [0, 0.05) is 19.5 Å². The number of hydrogen-bond donors (Lipinski definition) is 1. The Kier molecular flexibility index (Phi) is 3.57. The smallest absolute Gasteiger partial charge is 0.223 e.